The van der Waals surface area contributed by atoms with Gasteiger partial charge in [-0.1, -0.05) is 24.3 Å². The normalized spacial score (nSPS) is 11.1. The molecule has 0 radical (unpaired) electrons. The molecular weight excluding hydrogens is 220 g/mol. The quantitative estimate of drug-likeness (QED) is 0.639. The van der Waals surface area contributed by atoms with Crippen molar-refractivity contribution in [3.05, 3.63) is 41.0 Å². The maximum atomic E-state index is 11.4. The number of carboxylic acids is 1. The van der Waals surface area contributed by atoms with Gasteiger partial charge in [-0.15, -0.1) is 0 Å². The summed E-state index contributed by atoms with van der Waals surface area (Å²) in [7, 11) is 1.23. The van der Waals surface area contributed by atoms with Crippen LogP contribution in [0.3, 0.4) is 0 Å². The molecule has 90 valence electrons. The van der Waals surface area contributed by atoms with Gasteiger partial charge in [-0.25, -0.2) is 4.79 Å². The summed E-state index contributed by atoms with van der Waals surface area (Å²) in [6, 6.07) is 7.41. The van der Waals surface area contributed by atoms with Gasteiger partial charge in [-0.05, 0) is 24.1 Å². The lowest BCUT2D eigenvalue weighted by Crippen LogP contribution is -2.09. The fourth-order valence-corrected chi connectivity index (χ4v) is 1.41. The van der Waals surface area contributed by atoms with Crippen molar-refractivity contribution in [1.29, 1.82) is 0 Å². The van der Waals surface area contributed by atoms with Gasteiger partial charge in [0.25, 0.3) is 0 Å². The number of hydrogen-bond donors (Lipinski definition) is 1. The molecular formula is C13H14O4. The molecule has 1 aromatic rings. The van der Waals surface area contributed by atoms with Crippen LogP contribution in [0.25, 0.3) is 6.08 Å². The van der Waals surface area contributed by atoms with E-state index < -0.39 is 11.9 Å². The minimum absolute atomic E-state index is 0.134. The van der Waals surface area contributed by atoms with Crippen molar-refractivity contribution in [2.45, 2.75) is 13.3 Å². The average Bonchev–Trinajstić information content (AvgIpc) is 2.29. The predicted octanol–water partition coefficient (Wildman–Crippen LogP) is 2.03. The van der Waals surface area contributed by atoms with Crippen LogP contribution in [0.5, 0.6) is 0 Å². The smallest absolute Gasteiger partial charge is 0.334 e. The van der Waals surface area contributed by atoms with E-state index in [9.17, 15) is 9.59 Å². The number of ether oxygens (including phenoxy) is 1. The van der Waals surface area contributed by atoms with Crippen molar-refractivity contribution in [2.75, 3.05) is 7.11 Å². The lowest BCUT2D eigenvalue weighted by Gasteiger charge is -2.04. The van der Waals surface area contributed by atoms with E-state index >= 15 is 0 Å². The molecule has 0 saturated carbocycles. The molecule has 17 heavy (non-hydrogen) atoms. The summed E-state index contributed by atoms with van der Waals surface area (Å²) in [6.45, 7) is 1.89. The third-order valence-electron chi connectivity index (χ3n) is 2.31. The summed E-state index contributed by atoms with van der Waals surface area (Å²) in [4.78, 5) is 22.1. The Hall–Kier alpha value is -2.10. The number of hydrogen-bond acceptors (Lipinski definition) is 3. The second-order valence-corrected chi connectivity index (χ2v) is 3.59. The highest BCUT2D eigenvalue weighted by atomic mass is 16.5. The zero-order valence-electron chi connectivity index (χ0n) is 9.77. The van der Waals surface area contributed by atoms with E-state index in [2.05, 4.69) is 4.74 Å². The molecule has 0 atom stereocenters. The molecule has 4 heteroatoms. The summed E-state index contributed by atoms with van der Waals surface area (Å²) < 4.78 is 4.55. The highest BCUT2D eigenvalue weighted by Gasteiger charge is 2.13. The fraction of sp³-hybridized carbons (Fsp3) is 0.231. The van der Waals surface area contributed by atoms with Crippen LogP contribution in [0.4, 0.5) is 0 Å². The zero-order chi connectivity index (χ0) is 12.8. The maximum absolute atomic E-state index is 11.4. The first-order valence-corrected chi connectivity index (χ1v) is 5.11. The highest BCUT2D eigenvalue weighted by molar-refractivity contribution is 5.98. The number of esters is 1. The van der Waals surface area contributed by atoms with Crippen molar-refractivity contribution in [1.82, 2.24) is 0 Å². The molecule has 0 bridgehead atoms. The SMILES string of the molecule is COC(=O)/C(=C/c1ccccc1C)CC(=O)O. The van der Waals surface area contributed by atoms with Gasteiger partial charge in [0.15, 0.2) is 0 Å². The fourth-order valence-electron chi connectivity index (χ4n) is 1.41. The molecule has 1 N–H and O–H groups in total. The number of carbonyl (C=O) groups is 2. The van der Waals surface area contributed by atoms with Gasteiger partial charge >= 0.3 is 11.9 Å². The first-order chi connectivity index (χ1) is 8.04. The van der Waals surface area contributed by atoms with Gasteiger partial charge in [0, 0.05) is 5.57 Å². The van der Waals surface area contributed by atoms with Crippen LogP contribution >= 0.6 is 0 Å². The van der Waals surface area contributed by atoms with Crippen LogP contribution < -0.4 is 0 Å². The molecule has 0 heterocycles. The summed E-state index contributed by atoms with van der Waals surface area (Å²) in [5.41, 5.74) is 1.92. The predicted molar refractivity (Wildman–Crippen MR) is 63.4 cm³/mol. The first kappa shape index (κ1) is 13.0. The second-order valence-electron chi connectivity index (χ2n) is 3.59. The Labute approximate surface area is 99.5 Å². The third-order valence-corrected chi connectivity index (χ3v) is 2.31. The Balaban J connectivity index is 3.09. The topological polar surface area (TPSA) is 63.6 Å². The van der Waals surface area contributed by atoms with Crippen LogP contribution in [-0.4, -0.2) is 24.2 Å². The van der Waals surface area contributed by atoms with E-state index in [0.717, 1.165) is 11.1 Å². The molecule has 0 unspecified atom stereocenters. The molecule has 1 rings (SSSR count). The van der Waals surface area contributed by atoms with Crippen molar-refractivity contribution in [2.24, 2.45) is 0 Å². The molecule has 0 aliphatic rings. The summed E-state index contributed by atoms with van der Waals surface area (Å²) in [5.74, 6) is -1.68. The van der Waals surface area contributed by atoms with Crippen molar-refractivity contribution in [3.8, 4) is 0 Å². The maximum Gasteiger partial charge on any atom is 0.334 e. The van der Waals surface area contributed by atoms with Gasteiger partial charge in [-0.2, -0.15) is 0 Å². The van der Waals surface area contributed by atoms with E-state index in [1.807, 2.05) is 31.2 Å². The van der Waals surface area contributed by atoms with Crippen LogP contribution in [-0.2, 0) is 14.3 Å². The first-order valence-electron chi connectivity index (χ1n) is 5.11. The zero-order valence-corrected chi connectivity index (χ0v) is 9.77. The van der Waals surface area contributed by atoms with Crippen LogP contribution in [0.2, 0.25) is 0 Å². The van der Waals surface area contributed by atoms with Gasteiger partial charge in [0.1, 0.15) is 0 Å². The molecule has 0 aliphatic heterocycles. The Kier molecular flexibility index (Phi) is 4.46. The summed E-state index contributed by atoms with van der Waals surface area (Å²) >= 11 is 0. The van der Waals surface area contributed by atoms with Crippen molar-refractivity contribution < 1.29 is 19.4 Å². The Morgan fingerprint density at radius 2 is 2.00 bits per heavy atom. The number of carboxylic acid groups (broad SMARTS) is 1. The number of aryl methyl sites for hydroxylation is 1. The van der Waals surface area contributed by atoms with E-state index in [-0.39, 0.29) is 12.0 Å². The minimum atomic E-state index is -1.06. The third kappa shape index (κ3) is 3.75. The molecule has 0 aliphatic carbocycles. The van der Waals surface area contributed by atoms with E-state index in [1.54, 1.807) is 6.08 Å². The van der Waals surface area contributed by atoms with Gasteiger partial charge < -0.3 is 9.84 Å². The van der Waals surface area contributed by atoms with Crippen LogP contribution in [0.15, 0.2) is 29.8 Å². The van der Waals surface area contributed by atoms with Crippen molar-refractivity contribution >= 4 is 18.0 Å². The number of rotatable bonds is 4. The Bertz CT molecular complexity index is 460. The number of carbonyl (C=O) groups excluding carboxylic acids is 1. The standard InChI is InChI=1S/C13H14O4/c1-9-5-3-4-6-10(9)7-11(8-12(14)15)13(16)17-2/h3-7H,8H2,1-2H3,(H,14,15)/b11-7+. The summed E-state index contributed by atoms with van der Waals surface area (Å²) in [6.07, 6.45) is 1.20. The second kappa shape index (κ2) is 5.84. The Morgan fingerprint density at radius 3 is 2.53 bits per heavy atom. The Morgan fingerprint density at radius 1 is 1.35 bits per heavy atom. The van der Waals surface area contributed by atoms with Gasteiger partial charge in [0.2, 0.25) is 0 Å². The van der Waals surface area contributed by atoms with Crippen LogP contribution in [0, 0.1) is 6.92 Å². The van der Waals surface area contributed by atoms with Gasteiger partial charge in [0.05, 0.1) is 13.5 Å². The summed E-state index contributed by atoms with van der Waals surface area (Å²) in [5, 5.41) is 8.73. The lowest BCUT2D eigenvalue weighted by atomic mass is 10.0. The van der Waals surface area contributed by atoms with Crippen LogP contribution in [0.1, 0.15) is 17.5 Å². The molecule has 0 spiro atoms. The molecule has 1 aromatic carbocycles. The molecule has 0 fully saturated rings. The largest absolute Gasteiger partial charge is 0.481 e. The lowest BCUT2D eigenvalue weighted by molar-refractivity contribution is -0.141. The minimum Gasteiger partial charge on any atom is -0.481 e. The highest BCUT2D eigenvalue weighted by Crippen LogP contribution is 2.15. The number of aliphatic carboxylic acids is 1. The molecule has 0 amide bonds. The van der Waals surface area contributed by atoms with Crippen molar-refractivity contribution in [3.63, 3.8) is 0 Å². The number of methoxy groups -OCH3 is 1. The van der Waals surface area contributed by atoms with E-state index in [0.29, 0.717) is 0 Å². The van der Waals surface area contributed by atoms with E-state index in [4.69, 9.17) is 5.11 Å². The molecule has 0 saturated heterocycles. The van der Waals surface area contributed by atoms with E-state index in [1.165, 1.54) is 7.11 Å². The average molecular weight is 234 g/mol. The molecule has 0 aromatic heterocycles. The molecule has 4 nitrogen and oxygen atoms in total. The van der Waals surface area contributed by atoms with Gasteiger partial charge in [-0.3, -0.25) is 4.79 Å². The monoisotopic (exact) mass is 234 g/mol. The number of benzene rings is 1.